The minimum absolute atomic E-state index is 0.372. The van der Waals surface area contributed by atoms with E-state index in [4.69, 9.17) is 0 Å². The molecule has 1 aliphatic carbocycles. The maximum atomic E-state index is 14.2. The lowest BCUT2D eigenvalue weighted by Gasteiger charge is -2.29. The normalized spacial score (nSPS) is 18.3. The van der Waals surface area contributed by atoms with Crippen LogP contribution in [0.4, 0.5) is 4.39 Å². The van der Waals surface area contributed by atoms with Crippen molar-refractivity contribution in [3.05, 3.63) is 88.5 Å². The van der Waals surface area contributed by atoms with Crippen LogP contribution in [-0.4, -0.2) is 20.9 Å². The quantitative estimate of drug-likeness (QED) is 0.551. The predicted octanol–water partition coefficient (Wildman–Crippen LogP) is 3.12. The highest BCUT2D eigenvalue weighted by Gasteiger charge is 2.49. The molecule has 1 amide bonds. The standard InChI is InChI=1S/C21H20FN3O2/c1-14-16(8-5-9-18(14)22)21(20(26)24-27)11-10-19-17(21)12-23-25(19)13-15-6-3-2-4-7-15/h2-9,12,27H,10-11,13H2,1H3,(H,24,26)/t21-/m1/s1. The Bertz CT molecular complexity index is 1000. The third kappa shape index (κ3) is 2.64. The average molecular weight is 365 g/mol. The Morgan fingerprint density at radius 1 is 1.22 bits per heavy atom. The number of nitrogens with one attached hydrogen (secondary N) is 1. The number of amides is 1. The number of fused-ring (bicyclic) bond motifs is 1. The summed E-state index contributed by atoms with van der Waals surface area (Å²) in [5.41, 5.74) is 4.38. The number of carbonyl (C=O) groups excluding carboxylic acids is 1. The molecule has 0 spiro atoms. The highest BCUT2D eigenvalue weighted by molar-refractivity contribution is 5.93. The van der Waals surface area contributed by atoms with Crippen molar-refractivity contribution in [3.63, 3.8) is 0 Å². The Kier molecular flexibility index (Phi) is 4.28. The zero-order chi connectivity index (χ0) is 19.0. The molecule has 0 saturated carbocycles. The number of rotatable bonds is 4. The van der Waals surface area contributed by atoms with Gasteiger partial charge in [0.15, 0.2) is 0 Å². The number of hydrogen-bond acceptors (Lipinski definition) is 3. The Balaban J connectivity index is 1.84. The maximum absolute atomic E-state index is 14.2. The number of carbonyl (C=O) groups is 1. The number of nitrogens with zero attached hydrogens (tertiary/aromatic N) is 2. The van der Waals surface area contributed by atoms with Crippen molar-refractivity contribution in [3.8, 4) is 0 Å². The van der Waals surface area contributed by atoms with Gasteiger partial charge in [-0.2, -0.15) is 5.10 Å². The molecule has 27 heavy (non-hydrogen) atoms. The Morgan fingerprint density at radius 2 is 2.00 bits per heavy atom. The summed E-state index contributed by atoms with van der Waals surface area (Å²) in [4.78, 5) is 12.8. The molecule has 2 N–H and O–H groups in total. The minimum Gasteiger partial charge on any atom is -0.289 e. The number of halogens is 1. The van der Waals surface area contributed by atoms with Crippen LogP contribution in [-0.2, 0) is 23.2 Å². The summed E-state index contributed by atoms with van der Waals surface area (Å²) in [5, 5.41) is 13.9. The zero-order valence-electron chi connectivity index (χ0n) is 14.9. The molecule has 138 valence electrons. The molecule has 3 aromatic rings. The van der Waals surface area contributed by atoms with E-state index in [1.807, 2.05) is 35.0 Å². The molecule has 5 nitrogen and oxygen atoms in total. The molecule has 0 bridgehead atoms. The van der Waals surface area contributed by atoms with Gasteiger partial charge in [-0.3, -0.25) is 14.7 Å². The Labute approximate surface area is 156 Å². The molecular formula is C21H20FN3O2. The molecule has 1 aliphatic rings. The molecule has 0 saturated heterocycles. The molecular weight excluding hydrogens is 345 g/mol. The Hall–Kier alpha value is -2.99. The topological polar surface area (TPSA) is 67.2 Å². The third-order valence-corrected chi connectivity index (χ3v) is 5.54. The molecule has 0 aliphatic heterocycles. The first-order valence-corrected chi connectivity index (χ1v) is 8.87. The van der Waals surface area contributed by atoms with Gasteiger partial charge in [-0.25, -0.2) is 9.87 Å². The van der Waals surface area contributed by atoms with Gasteiger partial charge in [0, 0.05) is 11.3 Å². The van der Waals surface area contributed by atoms with E-state index < -0.39 is 11.3 Å². The second-order valence-corrected chi connectivity index (χ2v) is 6.91. The molecule has 2 aromatic carbocycles. The van der Waals surface area contributed by atoms with Crippen LogP contribution in [0.3, 0.4) is 0 Å². The van der Waals surface area contributed by atoms with Gasteiger partial charge < -0.3 is 0 Å². The number of aromatic nitrogens is 2. The molecule has 1 atom stereocenters. The van der Waals surface area contributed by atoms with E-state index in [0.717, 1.165) is 16.8 Å². The Morgan fingerprint density at radius 3 is 2.74 bits per heavy atom. The SMILES string of the molecule is Cc1c(F)cccc1[C@]1(C(=O)NO)CCc2c1cnn2Cc1ccccc1. The smallest absolute Gasteiger partial charge is 0.258 e. The first kappa shape index (κ1) is 17.4. The fourth-order valence-electron chi connectivity index (χ4n) is 4.17. The van der Waals surface area contributed by atoms with E-state index in [2.05, 4.69) is 5.10 Å². The first-order chi connectivity index (χ1) is 13.1. The molecule has 0 radical (unpaired) electrons. The lowest BCUT2D eigenvalue weighted by Crippen LogP contribution is -2.43. The largest absolute Gasteiger partial charge is 0.289 e. The van der Waals surface area contributed by atoms with E-state index in [0.29, 0.717) is 30.5 Å². The average Bonchev–Trinajstić information content (AvgIpc) is 3.26. The van der Waals surface area contributed by atoms with E-state index in [1.54, 1.807) is 30.7 Å². The molecule has 4 rings (SSSR count). The van der Waals surface area contributed by atoms with Crippen LogP contribution < -0.4 is 5.48 Å². The van der Waals surface area contributed by atoms with E-state index in [9.17, 15) is 14.4 Å². The van der Waals surface area contributed by atoms with Crippen LogP contribution in [0.25, 0.3) is 0 Å². The van der Waals surface area contributed by atoms with Gasteiger partial charge in [0.05, 0.1) is 12.7 Å². The van der Waals surface area contributed by atoms with Crippen molar-refractivity contribution < 1.29 is 14.4 Å². The van der Waals surface area contributed by atoms with E-state index in [-0.39, 0.29) is 5.82 Å². The van der Waals surface area contributed by atoms with Gasteiger partial charge in [0.1, 0.15) is 11.2 Å². The summed E-state index contributed by atoms with van der Waals surface area (Å²) in [7, 11) is 0. The zero-order valence-corrected chi connectivity index (χ0v) is 14.9. The summed E-state index contributed by atoms with van der Waals surface area (Å²) in [6.45, 7) is 2.25. The molecule has 0 fully saturated rings. The van der Waals surface area contributed by atoms with Gasteiger partial charge in [0.25, 0.3) is 5.91 Å². The third-order valence-electron chi connectivity index (χ3n) is 5.54. The van der Waals surface area contributed by atoms with Crippen molar-refractivity contribution in [1.82, 2.24) is 15.3 Å². The predicted molar refractivity (Wildman–Crippen MR) is 97.9 cm³/mol. The fourth-order valence-corrected chi connectivity index (χ4v) is 4.17. The highest BCUT2D eigenvalue weighted by Crippen LogP contribution is 2.46. The second-order valence-electron chi connectivity index (χ2n) is 6.91. The van der Waals surface area contributed by atoms with Crippen LogP contribution in [0.1, 0.15) is 34.4 Å². The molecule has 1 heterocycles. The van der Waals surface area contributed by atoms with Crippen molar-refractivity contribution >= 4 is 5.91 Å². The van der Waals surface area contributed by atoms with Crippen LogP contribution in [0, 0.1) is 12.7 Å². The van der Waals surface area contributed by atoms with Gasteiger partial charge in [0.2, 0.25) is 0 Å². The summed E-state index contributed by atoms with van der Waals surface area (Å²) in [6, 6.07) is 14.7. The van der Waals surface area contributed by atoms with Crippen molar-refractivity contribution in [2.24, 2.45) is 0 Å². The van der Waals surface area contributed by atoms with Gasteiger partial charge in [-0.05, 0) is 42.5 Å². The van der Waals surface area contributed by atoms with Crippen molar-refractivity contribution in [1.29, 1.82) is 0 Å². The maximum Gasteiger partial charge on any atom is 0.258 e. The summed E-state index contributed by atoms with van der Waals surface area (Å²) in [5.74, 6) is -0.933. The van der Waals surface area contributed by atoms with Crippen LogP contribution >= 0.6 is 0 Å². The van der Waals surface area contributed by atoms with E-state index in [1.165, 1.54) is 6.07 Å². The molecule has 0 unspecified atom stereocenters. The van der Waals surface area contributed by atoms with Gasteiger partial charge in [-0.15, -0.1) is 0 Å². The van der Waals surface area contributed by atoms with E-state index >= 15 is 0 Å². The molecule has 6 heteroatoms. The fraction of sp³-hybridized carbons (Fsp3) is 0.238. The number of benzene rings is 2. The summed E-state index contributed by atoms with van der Waals surface area (Å²) in [6.07, 6.45) is 2.74. The lowest BCUT2D eigenvalue weighted by molar-refractivity contribution is -0.133. The first-order valence-electron chi connectivity index (χ1n) is 8.87. The summed E-state index contributed by atoms with van der Waals surface area (Å²) >= 11 is 0. The monoisotopic (exact) mass is 365 g/mol. The lowest BCUT2D eigenvalue weighted by atomic mass is 9.74. The number of hydroxylamine groups is 1. The van der Waals surface area contributed by atoms with Crippen molar-refractivity contribution in [2.75, 3.05) is 0 Å². The van der Waals surface area contributed by atoms with Crippen LogP contribution in [0.2, 0.25) is 0 Å². The highest BCUT2D eigenvalue weighted by atomic mass is 19.1. The van der Waals surface area contributed by atoms with Crippen LogP contribution in [0.5, 0.6) is 0 Å². The minimum atomic E-state index is -1.15. The van der Waals surface area contributed by atoms with Crippen molar-refractivity contribution in [2.45, 2.75) is 31.7 Å². The number of hydrogen-bond donors (Lipinski definition) is 2. The van der Waals surface area contributed by atoms with Gasteiger partial charge >= 0.3 is 0 Å². The van der Waals surface area contributed by atoms with Gasteiger partial charge in [-0.1, -0.05) is 42.5 Å². The molecule has 1 aromatic heterocycles. The summed E-state index contributed by atoms with van der Waals surface area (Å²) < 4.78 is 16.1. The second kappa shape index (κ2) is 6.63. The van der Waals surface area contributed by atoms with Crippen LogP contribution in [0.15, 0.2) is 54.7 Å².